The maximum Gasteiger partial charge on any atom is 0.198 e. The molecule has 0 aromatic heterocycles. The van der Waals surface area contributed by atoms with Gasteiger partial charge in [0.2, 0.25) is 0 Å². The molecule has 8 nitrogen and oxygen atoms in total. The van der Waals surface area contributed by atoms with Crippen LogP contribution >= 0.6 is 13.1 Å². The molecule has 0 spiro atoms. The zero-order chi connectivity index (χ0) is 16.1. The summed E-state index contributed by atoms with van der Waals surface area (Å²) in [5.41, 5.74) is 0. The molecule has 0 atom stereocenters. The van der Waals surface area contributed by atoms with Crippen molar-refractivity contribution in [3.63, 3.8) is 0 Å². The summed E-state index contributed by atoms with van der Waals surface area (Å²) in [4.78, 5) is 0. The molecule has 0 aromatic carbocycles. The van der Waals surface area contributed by atoms with Gasteiger partial charge in [-0.05, 0) is 23.6 Å². The van der Waals surface area contributed by atoms with E-state index in [0.717, 1.165) is 26.2 Å². The van der Waals surface area contributed by atoms with Crippen LogP contribution in [0.5, 0.6) is 0 Å². The van der Waals surface area contributed by atoms with Crippen LogP contribution in [0.2, 0.25) is 0 Å². The second kappa shape index (κ2) is 8.89. The quantitative estimate of drug-likeness (QED) is 0.151. The molecule has 0 saturated carbocycles. The average molecular weight is 389 g/mol. The number of rotatable bonds is 13. The summed E-state index contributed by atoms with van der Waals surface area (Å²) >= 11 is 11.2. The maximum atomic E-state index is 8.91. The Labute approximate surface area is 141 Å². The highest BCUT2D eigenvalue weighted by Crippen LogP contribution is 2.56. The van der Waals surface area contributed by atoms with Crippen molar-refractivity contribution >= 4 is 36.7 Å². The lowest BCUT2D eigenvalue weighted by molar-refractivity contribution is 0.287. The SMILES string of the molecule is OCCNP(=S)(NCCO)OCCNP(=S)(N1CC1)N1CC1. The fourth-order valence-electron chi connectivity index (χ4n) is 1.92. The Morgan fingerprint density at radius 3 is 1.77 bits per heavy atom. The van der Waals surface area contributed by atoms with Crippen LogP contribution in [0.25, 0.3) is 0 Å². The third-order valence-corrected chi connectivity index (χ3v) is 10.8. The first-order valence-corrected chi connectivity index (χ1v) is 12.8. The van der Waals surface area contributed by atoms with E-state index in [2.05, 4.69) is 24.6 Å². The minimum atomic E-state index is -2.43. The molecule has 2 fully saturated rings. The lowest BCUT2D eigenvalue weighted by atomic mass is 10.8. The van der Waals surface area contributed by atoms with E-state index in [1.54, 1.807) is 0 Å². The summed E-state index contributed by atoms with van der Waals surface area (Å²) in [6.07, 6.45) is 0. The molecule has 0 bridgehead atoms. The molecule has 2 heterocycles. The van der Waals surface area contributed by atoms with E-state index in [0.29, 0.717) is 26.2 Å². The van der Waals surface area contributed by atoms with Crippen LogP contribution in [0.1, 0.15) is 0 Å². The predicted octanol–water partition coefficient (Wildman–Crippen LogP) is -1.16. The maximum absolute atomic E-state index is 8.91. The predicted molar refractivity (Wildman–Crippen MR) is 95.8 cm³/mol. The minimum absolute atomic E-state index is 0.00841. The van der Waals surface area contributed by atoms with E-state index in [4.69, 9.17) is 38.4 Å². The molecule has 12 heteroatoms. The van der Waals surface area contributed by atoms with Gasteiger partial charge in [-0.3, -0.25) is 15.3 Å². The minimum Gasteiger partial charge on any atom is -0.395 e. The Bertz CT molecular complexity index is 422. The number of hydrogen-bond donors (Lipinski definition) is 5. The van der Waals surface area contributed by atoms with Crippen LogP contribution < -0.4 is 15.3 Å². The fraction of sp³-hybridized carbons (Fsp3) is 1.00. The number of nitrogens with one attached hydrogen (secondary N) is 3. The molecule has 130 valence electrons. The normalized spacial score (nSPS) is 19.5. The van der Waals surface area contributed by atoms with Gasteiger partial charge in [0.15, 0.2) is 6.57 Å². The third-order valence-electron chi connectivity index (χ3n) is 3.17. The number of aliphatic hydroxyl groups excluding tert-OH is 2. The molecular formula is C10H25N5O3P2S2. The standard InChI is InChI=1S/C10H25N5O3P2S2/c16-8-1-11-19(21,12-2-9-17)18-10-3-13-20(22,14-4-5-14)15-6-7-15/h16-17H,1-10H2,(H,13,22)(H2,11,12,21). The van der Waals surface area contributed by atoms with Gasteiger partial charge in [0.1, 0.15) is 6.49 Å². The Morgan fingerprint density at radius 1 is 0.864 bits per heavy atom. The van der Waals surface area contributed by atoms with Crippen molar-refractivity contribution in [1.29, 1.82) is 0 Å². The van der Waals surface area contributed by atoms with Crippen molar-refractivity contribution in [2.45, 2.75) is 0 Å². The monoisotopic (exact) mass is 389 g/mol. The summed E-state index contributed by atoms with van der Waals surface area (Å²) in [6, 6.07) is 0. The highest BCUT2D eigenvalue weighted by molar-refractivity contribution is 8.11. The van der Waals surface area contributed by atoms with Crippen LogP contribution in [-0.4, -0.2) is 85.2 Å². The molecule has 2 rings (SSSR count). The summed E-state index contributed by atoms with van der Waals surface area (Å²) in [5.74, 6) is 0. The van der Waals surface area contributed by atoms with Gasteiger partial charge in [0, 0.05) is 45.8 Å². The molecule has 2 aliphatic heterocycles. The molecule has 5 N–H and O–H groups in total. The topological polar surface area (TPSA) is 91.8 Å². The van der Waals surface area contributed by atoms with Crippen molar-refractivity contribution in [3.8, 4) is 0 Å². The molecule has 0 amide bonds. The van der Waals surface area contributed by atoms with Crippen LogP contribution in [0.4, 0.5) is 0 Å². The second-order valence-corrected chi connectivity index (χ2v) is 12.6. The van der Waals surface area contributed by atoms with E-state index < -0.39 is 13.1 Å². The van der Waals surface area contributed by atoms with Gasteiger partial charge in [-0.2, -0.15) is 0 Å². The largest absolute Gasteiger partial charge is 0.395 e. The first kappa shape index (κ1) is 19.3. The van der Waals surface area contributed by atoms with Crippen LogP contribution in [0.3, 0.4) is 0 Å². The number of hydrogen-bond acceptors (Lipinski definition) is 5. The van der Waals surface area contributed by atoms with Crippen molar-refractivity contribution in [1.82, 2.24) is 24.6 Å². The summed E-state index contributed by atoms with van der Waals surface area (Å²) in [5, 5.41) is 27.3. The zero-order valence-corrected chi connectivity index (χ0v) is 15.9. The van der Waals surface area contributed by atoms with Crippen LogP contribution in [0, 0.1) is 0 Å². The second-order valence-electron chi connectivity index (χ2n) is 5.01. The van der Waals surface area contributed by atoms with Gasteiger partial charge >= 0.3 is 0 Å². The molecule has 2 saturated heterocycles. The van der Waals surface area contributed by atoms with Gasteiger partial charge in [0.25, 0.3) is 0 Å². The van der Waals surface area contributed by atoms with Crippen LogP contribution in [-0.2, 0) is 28.1 Å². The molecule has 0 aromatic rings. The highest BCUT2D eigenvalue weighted by Gasteiger charge is 2.43. The number of aliphatic hydroxyl groups is 2. The van der Waals surface area contributed by atoms with E-state index in [-0.39, 0.29) is 13.2 Å². The number of nitrogens with zero attached hydrogens (tertiary/aromatic N) is 2. The third kappa shape index (κ3) is 5.81. The Balaban J connectivity index is 1.74. The lowest BCUT2D eigenvalue weighted by Gasteiger charge is -2.27. The van der Waals surface area contributed by atoms with Crippen molar-refractivity contribution < 1.29 is 14.7 Å². The Kier molecular flexibility index (Phi) is 7.81. The molecular weight excluding hydrogens is 364 g/mol. The Hall–Kier alpha value is 0.980. The summed E-state index contributed by atoms with van der Waals surface area (Å²) in [6.45, 7) is 1.94. The van der Waals surface area contributed by atoms with Crippen molar-refractivity contribution in [2.24, 2.45) is 0 Å². The van der Waals surface area contributed by atoms with Crippen LogP contribution in [0.15, 0.2) is 0 Å². The zero-order valence-electron chi connectivity index (χ0n) is 12.5. The summed E-state index contributed by atoms with van der Waals surface area (Å²) < 4.78 is 10.4. The van der Waals surface area contributed by atoms with Gasteiger partial charge in [0.05, 0.1) is 19.8 Å². The van der Waals surface area contributed by atoms with Crippen molar-refractivity contribution in [3.05, 3.63) is 0 Å². The van der Waals surface area contributed by atoms with E-state index in [1.807, 2.05) is 0 Å². The van der Waals surface area contributed by atoms with Gasteiger partial charge in [-0.15, -0.1) is 0 Å². The fourth-order valence-corrected chi connectivity index (χ4v) is 7.78. The van der Waals surface area contributed by atoms with Gasteiger partial charge in [-0.25, -0.2) is 9.34 Å². The Morgan fingerprint density at radius 2 is 1.36 bits per heavy atom. The molecule has 0 radical (unpaired) electrons. The van der Waals surface area contributed by atoms with E-state index in [9.17, 15) is 0 Å². The van der Waals surface area contributed by atoms with Crippen molar-refractivity contribution in [2.75, 3.05) is 65.6 Å². The van der Waals surface area contributed by atoms with Gasteiger partial charge in [-0.1, -0.05) is 0 Å². The first-order valence-electron chi connectivity index (χ1n) is 7.37. The molecule has 0 aliphatic carbocycles. The molecule has 2 aliphatic rings. The first-order chi connectivity index (χ1) is 10.5. The van der Waals surface area contributed by atoms with E-state index >= 15 is 0 Å². The molecule has 0 unspecified atom stereocenters. The lowest BCUT2D eigenvalue weighted by Crippen LogP contribution is -2.30. The smallest absolute Gasteiger partial charge is 0.198 e. The van der Waals surface area contributed by atoms with E-state index in [1.165, 1.54) is 0 Å². The average Bonchev–Trinajstić information content (AvgIpc) is 3.38. The molecule has 22 heavy (non-hydrogen) atoms. The van der Waals surface area contributed by atoms with Gasteiger partial charge < -0.3 is 14.7 Å². The summed E-state index contributed by atoms with van der Waals surface area (Å²) in [7, 11) is 0. The highest BCUT2D eigenvalue weighted by atomic mass is 32.5.